The first-order chi connectivity index (χ1) is 14.6. The molecule has 0 saturated carbocycles. The summed E-state index contributed by atoms with van der Waals surface area (Å²) in [5, 5.41) is 4.57. The Morgan fingerprint density at radius 3 is 2.42 bits per heavy atom. The molecule has 7 heteroatoms. The molecule has 3 aromatic carbocycles. The van der Waals surface area contributed by atoms with Crippen molar-refractivity contribution in [3.63, 3.8) is 0 Å². The van der Waals surface area contributed by atoms with Gasteiger partial charge in [0.15, 0.2) is 11.5 Å². The molecule has 0 spiro atoms. The second-order valence-electron chi connectivity index (χ2n) is 6.76. The Balaban J connectivity index is 0.00000341. The number of ether oxygens (including phenoxy) is 2. The van der Waals surface area contributed by atoms with E-state index in [1.165, 1.54) is 12.1 Å². The lowest BCUT2D eigenvalue weighted by Gasteiger charge is -2.17. The maximum absolute atomic E-state index is 13.0. The van der Waals surface area contributed by atoms with Crippen molar-refractivity contribution in [1.29, 1.82) is 0 Å². The van der Waals surface area contributed by atoms with E-state index in [1.54, 1.807) is 24.3 Å². The van der Waals surface area contributed by atoms with Gasteiger partial charge in [-0.1, -0.05) is 53.5 Å². The summed E-state index contributed by atoms with van der Waals surface area (Å²) in [7, 11) is 0. The monoisotopic (exact) mass is 483 g/mol. The lowest BCUT2D eigenvalue weighted by molar-refractivity contribution is 0.266. The quantitative estimate of drug-likeness (QED) is 0.319. The van der Waals surface area contributed by atoms with Crippen LogP contribution >= 0.6 is 35.6 Å². The van der Waals surface area contributed by atoms with Gasteiger partial charge < -0.3 is 14.8 Å². The minimum Gasteiger partial charge on any atom is -0.490 e. The number of benzene rings is 3. The van der Waals surface area contributed by atoms with E-state index in [9.17, 15) is 4.39 Å². The van der Waals surface area contributed by atoms with Crippen LogP contribution in [0.2, 0.25) is 10.0 Å². The van der Waals surface area contributed by atoms with Crippen LogP contribution in [0.4, 0.5) is 4.39 Å². The summed E-state index contributed by atoms with van der Waals surface area (Å²) in [6.07, 6.45) is 0.808. The molecule has 31 heavy (non-hydrogen) atoms. The number of hydrogen-bond acceptors (Lipinski definition) is 3. The molecule has 0 saturated heterocycles. The van der Waals surface area contributed by atoms with Gasteiger partial charge in [-0.05, 0) is 55.8 Å². The smallest absolute Gasteiger partial charge is 0.166 e. The Kier molecular flexibility index (Phi) is 10.4. The van der Waals surface area contributed by atoms with Crippen molar-refractivity contribution in [1.82, 2.24) is 5.32 Å². The fourth-order valence-electron chi connectivity index (χ4n) is 3.03. The van der Waals surface area contributed by atoms with E-state index < -0.39 is 0 Å². The van der Waals surface area contributed by atoms with Crippen molar-refractivity contribution in [3.8, 4) is 11.5 Å². The number of para-hydroxylation sites is 1. The molecule has 0 fully saturated rings. The van der Waals surface area contributed by atoms with Gasteiger partial charge in [-0.3, -0.25) is 0 Å². The number of nitrogens with one attached hydrogen (secondary N) is 1. The van der Waals surface area contributed by atoms with E-state index in [4.69, 9.17) is 32.7 Å². The van der Waals surface area contributed by atoms with E-state index in [0.717, 1.165) is 29.7 Å². The third-order valence-corrected chi connectivity index (χ3v) is 5.15. The first-order valence-corrected chi connectivity index (χ1v) is 10.6. The molecule has 166 valence electrons. The Hall–Kier alpha value is -1.98. The second-order valence-corrected chi connectivity index (χ2v) is 7.60. The lowest BCUT2D eigenvalue weighted by atomic mass is 10.1. The highest BCUT2D eigenvalue weighted by atomic mass is 35.5. The van der Waals surface area contributed by atoms with Gasteiger partial charge in [-0.2, -0.15) is 0 Å². The van der Waals surface area contributed by atoms with Crippen molar-refractivity contribution in [3.05, 3.63) is 93.2 Å². The predicted octanol–water partition coefficient (Wildman–Crippen LogP) is 6.86. The number of rotatable bonds is 10. The molecule has 3 rings (SSSR count). The molecule has 0 aliphatic carbocycles. The van der Waals surface area contributed by atoms with Crippen molar-refractivity contribution >= 4 is 35.6 Å². The van der Waals surface area contributed by atoms with Crippen molar-refractivity contribution in [2.45, 2.75) is 26.5 Å². The Labute approximate surface area is 198 Å². The standard InChI is InChI=1S/C24H24Cl2FNO2.ClH/c1-2-29-23-5-3-4-18(15-28-13-12-17-6-10-21(27)11-7-17)24(23)30-16-19-8-9-20(25)14-22(19)26;/h3-11,14,28H,2,12-13,15-16H2,1H3;1H. The predicted molar refractivity (Wildman–Crippen MR) is 127 cm³/mol. The summed E-state index contributed by atoms with van der Waals surface area (Å²) in [6.45, 7) is 4.16. The van der Waals surface area contributed by atoms with Crippen LogP contribution in [0.5, 0.6) is 11.5 Å². The third kappa shape index (κ3) is 7.58. The molecule has 0 heterocycles. The summed E-state index contributed by atoms with van der Waals surface area (Å²) in [4.78, 5) is 0. The molecule has 0 radical (unpaired) electrons. The normalized spacial score (nSPS) is 10.5. The number of hydrogen-bond donors (Lipinski definition) is 1. The Bertz CT molecular complexity index is 968. The van der Waals surface area contributed by atoms with Crippen LogP contribution in [0.15, 0.2) is 60.7 Å². The minimum absolute atomic E-state index is 0. The van der Waals surface area contributed by atoms with E-state index >= 15 is 0 Å². The van der Waals surface area contributed by atoms with E-state index in [1.807, 2.05) is 31.2 Å². The van der Waals surface area contributed by atoms with Crippen molar-refractivity contribution in [2.24, 2.45) is 0 Å². The second kappa shape index (κ2) is 12.8. The molecular weight excluding hydrogens is 460 g/mol. The Morgan fingerprint density at radius 1 is 0.935 bits per heavy atom. The molecule has 0 amide bonds. The van der Waals surface area contributed by atoms with Crippen LogP contribution in [0, 0.1) is 5.82 Å². The summed E-state index contributed by atoms with van der Waals surface area (Å²) in [6, 6.07) is 17.8. The van der Waals surface area contributed by atoms with Crippen LogP contribution in [0.25, 0.3) is 0 Å². The highest BCUT2D eigenvalue weighted by molar-refractivity contribution is 6.35. The van der Waals surface area contributed by atoms with Gasteiger partial charge in [0.2, 0.25) is 0 Å². The van der Waals surface area contributed by atoms with Gasteiger partial charge in [0.05, 0.1) is 6.61 Å². The average molecular weight is 485 g/mol. The molecule has 0 atom stereocenters. The fraction of sp³-hybridized carbons (Fsp3) is 0.250. The third-order valence-electron chi connectivity index (χ3n) is 4.57. The summed E-state index contributed by atoms with van der Waals surface area (Å²) in [5.41, 5.74) is 2.92. The number of halogens is 4. The minimum atomic E-state index is -0.220. The zero-order valence-corrected chi connectivity index (χ0v) is 19.5. The average Bonchev–Trinajstić information content (AvgIpc) is 2.73. The highest BCUT2D eigenvalue weighted by Crippen LogP contribution is 2.33. The molecular formula is C24H25Cl3FNO2. The van der Waals surface area contributed by atoms with E-state index in [2.05, 4.69) is 5.32 Å². The first kappa shape index (κ1) is 25.3. The van der Waals surface area contributed by atoms with Crippen molar-refractivity contribution in [2.75, 3.05) is 13.2 Å². The van der Waals surface area contributed by atoms with Crippen LogP contribution in [-0.4, -0.2) is 13.2 Å². The van der Waals surface area contributed by atoms with Gasteiger partial charge in [0.1, 0.15) is 12.4 Å². The van der Waals surface area contributed by atoms with Gasteiger partial charge in [0, 0.05) is 27.7 Å². The largest absolute Gasteiger partial charge is 0.490 e. The zero-order valence-electron chi connectivity index (χ0n) is 17.2. The zero-order chi connectivity index (χ0) is 21.3. The van der Waals surface area contributed by atoms with Crippen LogP contribution in [-0.2, 0) is 19.6 Å². The maximum atomic E-state index is 13.0. The topological polar surface area (TPSA) is 30.5 Å². The molecule has 0 aliphatic heterocycles. The van der Waals surface area contributed by atoms with Gasteiger partial charge in [-0.25, -0.2) is 4.39 Å². The van der Waals surface area contributed by atoms with Gasteiger partial charge in [-0.15, -0.1) is 12.4 Å². The van der Waals surface area contributed by atoms with E-state index in [0.29, 0.717) is 41.3 Å². The van der Waals surface area contributed by atoms with Gasteiger partial charge >= 0.3 is 0 Å². The highest BCUT2D eigenvalue weighted by Gasteiger charge is 2.12. The molecule has 0 unspecified atom stereocenters. The van der Waals surface area contributed by atoms with Crippen LogP contribution in [0.3, 0.4) is 0 Å². The summed E-state index contributed by atoms with van der Waals surface area (Å²) in [5.74, 6) is 1.17. The van der Waals surface area contributed by atoms with Crippen LogP contribution < -0.4 is 14.8 Å². The SMILES string of the molecule is CCOc1cccc(CNCCc2ccc(F)cc2)c1OCc1ccc(Cl)cc1Cl.Cl. The first-order valence-electron chi connectivity index (χ1n) is 9.83. The maximum Gasteiger partial charge on any atom is 0.166 e. The molecule has 3 nitrogen and oxygen atoms in total. The molecule has 0 aromatic heterocycles. The summed E-state index contributed by atoms with van der Waals surface area (Å²) < 4.78 is 24.9. The molecule has 0 aliphatic rings. The summed E-state index contributed by atoms with van der Waals surface area (Å²) >= 11 is 12.3. The van der Waals surface area contributed by atoms with E-state index in [-0.39, 0.29) is 18.2 Å². The lowest BCUT2D eigenvalue weighted by Crippen LogP contribution is -2.17. The molecule has 1 N–H and O–H groups in total. The fourth-order valence-corrected chi connectivity index (χ4v) is 3.49. The van der Waals surface area contributed by atoms with Gasteiger partial charge in [0.25, 0.3) is 0 Å². The van der Waals surface area contributed by atoms with Crippen molar-refractivity contribution < 1.29 is 13.9 Å². The van der Waals surface area contributed by atoms with Crippen LogP contribution in [0.1, 0.15) is 23.6 Å². The Morgan fingerprint density at radius 2 is 1.71 bits per heavy atom. The molecule has 0 bridgehead atoms. The molecule has 3 aromatic rings.